The highest BCUT2D eigenvalue weighted by Crippen LogP contribution is 2.47. The van der Waals surface area contributed by atoms with Crippen LogP contribution in [0.1, 0.15) is 30.4 Å². The predicted molar refractivity (Wildman–Crippen MR) is 102 cm³/mol. The number of ether oxygens (including phenoxy) is 1. The fourth-order valence-corrected chi connectivity index (χ4v) is 4.74. The molecule has 2 aromatic rings. The third kappa shape index (κ3) is 3.15. The normalized spacial score (nSPS) is 26.4. The van der Waals surface area contributed by atoms with Gasteiger partial charge in [-0.2, -0.15) is 0 Å². The Morgan fingerprint density at radius 3 is 2.72 bits per heavy atom. The number of halogens is 2. The summed E-state index contributed by atoms with van der Waals surface area (Å²) in [4.78, 5) is 2.38. The Bertz CT molecular complexity index is 768. The Labute approximate surface area is 158 Å². The first-order valence-electron chi connectivity index (χ1n) is 8.81. The van der Waals surface area contributed by atoms with Crippen molar-refractivity contribution in [3.8, 4) is 5.75 Å². The van der Waals surface area contributed by atoms with E-state index in [9.17, 15) is 0 Å². The minimum atomic E-state index is -0.552. The monoisotopic (exact) mass is 376 g/mol. The Kier molecular flexibility index (Phi) is 4.67. The van der Waals surface area contributed by atoms with Gasteiger partial charge in [-0.25, -0.2) is 0 Å². The fraction of sp³-hybridized carbons (Fsp3) is 0.400. The van der Waals surface area contributed by atoms with E-state index in [2.05, 4.69) is 4.90 Å². The largest absolute Gasteiger partial charge is 0.468 e. The molecule has 1 fully saturated rings. The van der Waals surface area contributed by atoms with Crippen LogP contribution in [0.25, 0.3) is 0 Å². The molecule has 1 aliphatic heterocycles. The maximum absolute atomic E-state index is 6.64. The Morgan fingerprint density at radius 1 is 1.16 bits per heavy atom. The number of nitrogens with two attached hydrogens (primary N) is 1. The van der Waals surface area contributed by atoms with Crippen molar-refractivity contribution < 1.29 is 4.74 Å². The van der Waals surface area contributed by atoms with Gasteiger partial charge in [0.1, 0.15) is 5.75 Å². The molecule has 0 spiro atoms. The Morgan fingerprint density at radius 2 is 1.96 bits per heavy atom. The smallest absolute Gasteiger partial charge is 0.190 e. The summed E-state index contributed by atoms with van der Waals surface area (Å²) < 4.78 is 6.64. The standard InChI is InChI=1S/C20H22Cl2N2O/c21-14-11-18-17(19(22)12-14)8-9-20(18,24-10-4-5-15(23)13-24)25-16-6-2-1-3-7-16/h1-3,6-7,11-12,15H,4-5,8-10,13,23H2/t15-,20?/m1/s1. The SMILES string of the molecule is N[C@@H]1CCCN(C2(Oc3ccccc3)CCc3c(Cl)cc(Cl)cc32)C1. The molecule has 1 aliphatic carbocycles. The van der Waals surface area contributed by atoms with E-state index in [0.717, 1.165) is 60.7 Å². The van der Waals surface area contributed by atoms with Crippen LogP contribution in [0, 0.1) is 0 Å². The van der Waals surface area contributed by atoms with Gasteiger partial charge in [-0.05, 0) is 49.1 Å². The zero-order valence-electron chi connectivity index (χ0n) is 14.1. The highest BCUT2D eigenvalue weighted by molar-refractivity contribution is 6.35. The summed E-state index contributed by atoms with van der Waals surface area (Å²) in [6, 6.07) is 14.0. The van der Waals surface area contributed by atoms with Crippen LogP contribution in [0.4, 0.5) is 0 Å². The average Bonchev–Trinajstić information content (AvgIpc) is 2.96. The van der Waals surface area contributed by atoms with Gasteiger partial charge in [0.2, 0.25) is 0 Å². The number of piperidine rings is 1. The van der Waals surface area contributed by atoms with Crippen LogP contribution in [-0.2, 0) is 12.1 Å². The summed E-state index contributed by atoms with van der Waals surface area (Å²) >= 11 is 12.8. The molecule has 1 heterocycles. The Hall–Kier alpha value is -1.26. The first kappa shape index (κ1) is 17.2. The van der Waals surface area contributed by atoms with Gasteiger partial charge in [0.05, 0.1) is 0 Å². The van der Waals surface area contributed by atoms with Crippen LogP contribution in [0.5, 0.6) is 5.75 Å². The van der Waals surface area contributed by atoms with Gasteiger partial charge in [0, 0.05) is 41.2 Å². The molecule has 2 N–H and O–H groups in total. The van der Waals surface area contributed by atoms with E-state index in [4.69, 9.17) is 33.7 Å². The van der Waals surface area contributed by atoms with E-state index in [1.54, 1.807) is 0 Å². The van der Waals surface area contributed by atoms with Crippen molar-refractivity contribution in [3.05, 3.63) is 63.6 Å². The van der Waals surface area contributed by atoms with Crippen molar-refractivity contribution in [1.82, 2.24) is 4.90 Å². The van der Waals surface area contributed by atoms with Crippen molar-refractivity contribution >= 4 is 23.2 Å². The summed E-state index contributed by atoms with van der Waals surface area (Å²) in [5, 5.41) is 1.37. The topological polar surface area (TPSA) is 38.5 Å². The van der Waals surface area contributed by atoms with Gasteiger partial charge in [-0.3, -0.25) is 4.90 Å². The molecule has 2 aliphatic rings. The molecule has 5 heteroatoms. The number of rotatable bonds is 3. The number of likely N-dealkylation sites (tertiary alicyclic amines) is 1. The molecule has 1 saturated heterocycles. The molecule has 2 aromatic carbocycles. The van der Waals surface area contributed by atoms with Gasteiger partial charge in [0.25, 0.3) is 0 Å². The van der Waals surface area contributed by atoms with Crippen molar-refractivity contribution in [3.63, 3.8) is 0 Å². The second-order valence-corrected chi connectivity index (χ2v) is 7.81. The number of hydrogen-bond donors (Lipinski definition) is 1. The van der Waals surface area contributed by atoms with Crippen molar-refractivity contribution in [2.24, 2.45) is 5.73 Å². The van der Waals surface area contributed by atoms with Crippen molar-refractivity contribution in [2.75, 3.05) is 13.1 Å². The van der Waals surface area contributed by atoms with E-state index in [-0.39, 0.29) is 6.04 Å². The third-order valence-electron chi connectivity index (χ3n) is 5.29. The first-order chi connectivity index (χ1) is 12.1. The molecule has 3 nitrogen and oxygen atoms in total. The summed E-state index contributed by atoms with van der Waals surface area (Å²) in [6.45, 7) is 1.78. The minimum Gasteiger partial charge on any atom is -0.468 e. The summed E-state index contributed by atoms with van der Waals surface area (Å²) in [7, 11) is 0. The fourth-order valence-electron chi connectivity index (χ4n) is 4.16. The van der Waals surface area contributed by atoms with Crippen LogP contribution in [-0.4, -0.2) is 24.0 Å². The van der Waals surface area contributed by atoms with Crippen LogP contribution in [0.15, 0.2) is 42.5 Å². The molecule has 2 atom stereocenters. The number of hydrogen-bond acceptors (Lipinski definition) is 3. The van der Waals surface area contributed by atoms with Crippen molar-refractivity contribution in [2.45, 2.75) is 37.5 Å². The lowest BCUT2D eigenvalue weighted by molar-refractivity contribution is -0.102. The van der Waals surface area contributed by atoms with Gasteiger partial charge in [0.15, 0.2) is 5.72 Å². The molecule has 0 amide bonds. The Balaban J connectivity index is 1.81. The molecule has 132 valence electrons. The molecule has 25 heavy (non-hydrogen) atoms. The van der Waals surface area contributed by atoms with E-state index in [1.165, 1.54) is 0 Å². The second kappa shape index (κ2) is 6.81. The number of benzene rings is 2. The molecular weight excluding hydrogens is 355 g/mol. The number of nitrogens with zero attached hydrogens (tertiary/aromatic N) is 1. The molecule has 0 saturated carbocycles. The minimum absolute atomic E-state index is 0.170. The quantitative estimate of drug-likeness (QED) is 0.850. The summed E-state index contributed by atoms with van der Waals surface area (Å²) in [6.07, 6.45) is 3.86. The maximum Gasteiger partial charge on any atom is 0.190 e. The molecule has 0 aromatic heterocycles. The van der Waals surface area contributed by atoms with Crippen molar-refractivity contribution in [1.29, 1.82) is 0 Å². The van der Waals surface area contributed by atoms with Gasteiger partial charge in [-0.1, -0.05) is 41.4 Å². The zero-order chi connectivity index (χ0) is 17.4. The second-order valence-electron chi connectivity index (χ2n) is 6.96. The van der Waals surface area contributed by atoms with Gasteiger partial charge in [-0.15, -0.1) is 0 Å². The van der Waals surface area contributed by atoms with Gasteiger partial charge >= 0.3 is 0 Å². The van der Waals surface area contributed by atoms with E-state index in [0.29, 0.717) is 5.02 Å². The van der Waals surface area contributed by atoms with E-state index >= 15 is 0 Å². The average molecular weight is 377 g/mol. The highest BCUT2D eigenvalue weighted by atomic mass is 35.5. The third-order valence-corrected chi connectivity index (χ3v) is 5.85. The first-order valence-corrected chi connectivity index (χ1v) is 9.57. The zero-order valence-corrected chi connectivity index (χ0v) is 15.6. The highest BCUT2D eigenvalue weighted by Gasteiger charge is 2.48. The van der Waals surface area contributed by atoms with Gasteiger partial charge < -0.3 is 10.5 Å². The maximum atomic E-state index is 6.64. The lowest BCUT2D eigenvalue weighted by Crippen LogP contribution is -2.55. The molecule has 4 rings (SSSR count). The van der Waals surface area contributed by atoms with E-state index in [1.807, 2.05) is 42.5 Å². The van der Waals surface area contributed by atoms with Crippen LogP contribution < -0.4 is 10.5 Å². The number of fused-ring (bicyclic) bond motifs is 1. The predicted octanol–water partition coefficient (Wildman–Crippen LogP) is 4.59. The summed E-state index contributed by atoms with van der Waals surface area (Å²) in [5.41, 5.74) is 7.95. The summed E-state index contributed by atoms with van der Waals surface area (Å²) in [5.74, 6) is 0.852. The number of para-hydroxylation sites is 1. The van der Waals surface area contributed by atoms with Crippen LogP contribution >= 0.6 is 23.2 Å². The molecule has 0 bridgehead atoms. The van der Waals surface area contributed by atoms with E-state index < -0.39 is 5.72 Å². The molecular formula is C20H22Cl2N2O. The van der Waals surface area contributed by atoms with Crippen LogP contribution in [0.2, 0.25) is 10.0 Å². The lowest BCUT2D eigenvalue weighted by atomic mass is 9.97. The lowest BCUT2D eigenvalue weighted by Gasteiger charge is -2.45. The van der Waals surface area contributed by atoms with Crippen LogP contribution in [0.3, 0.4) is 0 Å². The molecule has 1 unspecified atom stereocenters. The molecule has 0 radical (unpaired) electrons.